The van der Waals surface area contributed by atoms with Crippen molar-refractivity contribution in [3.8, 4) is 11.1 Å². The van der Waals surface area contributed by atoms with E-state index >= 15 is 0 Å². The number of methoxy groups -OCH3 is 1. The molecular weight excluding hydrogens is 692 g/mol. The second-order valence-electron chi connectivity index (χ2n) is 13.6. The number of anilines is 1. The zero-order valence-electron chi connectivity index (χ0n) is 29.8. The minimum Gasteiger partial charge on any atom is -0.466 e. The fourth-order valence-corrected chi connectivity index (χ4v) is 7.72. The van der Waals surface area contributed by atoms with E-state index in [9.17, 15) is 23.2 Å². The van der Waals surface area contributed by atoms with Gasteiger partial charge in [-0.3, -0.25) is 4.79 Å². The van der Waals surface area contributed by atoms with E-state index in [4.69, 9.17) is 14.2 Å². The first kappa shape index (κ1) is 36.5. The van der Waals surface area contributed by atoms with Gasteiger partial charge in [0.15, 0.2) is 0 Å². The number of esters is 1. The fourth-order valence-electron chi connectivity index (χ4n) is 7.72. The lowest BCUT2D eigenvalue weighted by atomic mass is 9.78. The molecule has 0 fully saturated rings. The number of unbranched alkanes of at least 4 members (excludes halogenated alkanes) is 2. The molecule has 3 aliphatic rings. The van der Waals surface area contributed by atoms with Crippen LogP contribution in [0.3, 0.4) is 0 Å². The second kappa shape index (κ2) is 16.1. The van der Waals surface area contributed by atoms with Crippen LogP contribution in [0.5, 0.6) is 0 Å². The largest absolute Gasteiger partial charge is 0.466 e. The van der Waals surface area contributed by atoms with Crippen molar-refractivity contribution in [3.63, 3.8) is 0 Å². The molecule has 54 heavy (non-hydrogen) atoms. The number of alkyl carbamates (subject to hydrolysis) is 1. The van der Waals surface area contributed by atoms with Gasteiger partial charge in [-0.2, -0.15) is 0 Å². The van der Waals surface area contributed by atoms with Crippen molar-refractivity contribution in [2.24, 2.45) is 0 Å². The lowest BCUT2D eigenvalue weighted by molar-refractivity contribution is -0.138. The van der Waals surface area contributed by atoms with Crippen LogP contribution in [0, 0.1) is 11.6 Å². The highest BCUT2D eigenvalue weighted by molar-refractivity contribution is 6.07. The van der Waals surface area contributed by atoms with Crippen molar-refractivity contribution < 1.29 is 37.4 Å². The maximum absolute atomic E-state index is 14.2. The highest BCUT2D eigenvalue weighted by atomic mass is 19.1. The van der Waals surface area contributed by atoms with Crippen molar-refractivity contribution in [2.45, 2.75) is 49.3 Å². The quantitative estimate of drug-likeness (QED) is 0.0686. The van der Waals surface area contributed by atoms with Gasteiger partial charge in [0.1, 0.15) is 29.9 Å². The second-order valence-corrected chi connectivity index (χ2v) is 13.6. The summed E-state index contributed by atoms with van der Waals surface area (Å²) in [4.78, 5) is 39.6. The number of ether oxygens (including phenoxy) is 3. The molecule has 0 spiro atoms. The van der Waals surface area contributed by atoms with Gasteiger partial charge in [-0.25, -0.2) is 18.4 Å². The summed E-state index contributed by atoms with van der Waals surface area (Å²) in [6.07, 6.45) is 4.40. The van der Waals surface area contributed by atoms with E-state index in [0.29, 0.717) is 32.4 Å². The molecule has 278 valence electrons. The summed E-state index contributed by atoms with van der Waals surface area (Å²) in [6.45, 7) is 0.971. The Bertz CT molecular complexity index is 2040. The number of halogens is 2. The Kier molecular flexibility index (Phi) is 10.9. The van der Waals surface area contributed by atoms with Crippen LogP contribution in [0.4, 0.5) is 19.3 Å². The van der Waals surface area contributed by atoms with E-state index in [1.165, 1.54) is 18.2 Å². The first-order valence-electron chi connectivity index (χ1n) is 18.1. The number of carbonyl (C=O) groups excluding carboxylic acids is 3. The minimum absolute atomic E-state index is 0.0172. The monoisotopic (exact) mass is 733 g/mol. The van der Waals surface area contributed by atoms with E-state index in [0.717, 1.165) is 34.9 Å². The van der Waals surface area contributed by atoms with Gasteiger partial charge in [0.05, 0.1) is 24.3 Å². The first-order chi connectivity index (χ1) is 26.3. The average molecular weight is 734 g/mol. The number of benzene rings is 4. The van der Waals surface area contributed by atoms with Gasteiger partial charge in [0, 0.05) is 30.8 Å². The van der Waals surface area contributed by atoms with E-state index in [1.54, 1.807) is 12.2 Å². The molecule has 0 radical (unpaired) electrons. The molecule has 0 saturated carbocycles. The predicted octanol–water partition coefficient (Wildman–Crippen LogP) is 6.99. The molecule has 7 rings (SSSR count). The standard InChI is InChI=1S/C43H41F2N3O6/c1-52-41(50)39-38(36-18-19-43(39,54-36)37(22-27-12-4-2-5-13-27)48-30-24-28(44)23-29(45)25-30)40(49)46-20-10-3-11-21-47-42(51)53-26-35-33-16-8-6-14-31(33)32-15-7-9-17-34(32)35/h2,4-9,12-19,23-25,35-37,48H,3,10-11,20-22,26H2,1H3,(H,46,49)(H,47,51). The van der Waals surface area contributed by atoms with Crippen molar-refractivity contribution in [3.05, 3.63) is 149 Å². The summed E-state index contributed by atoms with van der Waals surface area (Å²) in [5.41, 5.74) is 4.35. The smallest absolute Gasteiger partial charge is 0.407 e. The Hall–Kier alpha value is -5.81. The van der Waals surface area contributed by atoms with Gasteiger partial charge in [0.25, 0.3) is 5.91 Å². The number of hydrogen-bond donors (Lipinski definition) is 3. The third-order valence-electron chi connectivity index (χ3n) is 10.2. The van der Waals surface area contributed by atoms with Crippen molar-refractivity contribution >= 4 is 23.7 Å². The zero-order valence-corrected chi connectivity index (χ0v) is 29.8. The van der Waals surface area contributed by atoms with Crippen LogP contribution in [0.15, 0.2) is 120 Å². The number of rotatable bonds is 15. The van der Waals surface area contributed by atoms with Crippen molar-refractivity contribution in [2.75, 3.05) is 32.1 Å². The number of nitrogens with one attached hydrogen (secondary N) is 3. The summed E-state index contributed by atoms with van der Waals surface area (Å²) in [7, 11) is 1.23. The molecule has 0 saturated heterocycles. The third-order valence-corrected chi connectivity index (χ3v) is 10.2. The molecule has 4 aromatic carbocycles. The fraction of sp³-hybridized carbons (Fsp3) is 0.279. The number of fused-ring (bicyclic) bond motifs is 5. The Morgan fingerprint density at radius 2 is 1.44 bits per heavy atom. The van der Waals surface area contributed by atoms with E-state index in [2.05, 4.69) is 40.2 Å². The van der Waals surface area contributed by atoms with E-state index in [1.807, 2.05) is 54.6 Å². The van der Waals surface area contributed by atoms with Crippen LogP contribution >= 0.6 is 0 Å². The average Bonchev–Trinajstić information content (AvgIpc) is 3.86. The van der Waals surface area contributed by atoms with Crippen LogP contribution in [0.1, 0.15) is 41.9 Å². The van der Waals surface area contributed by atoms with Crippen LogP contribution in [0.25, 0.3) is 11.1 Å². The molecule has 1 aliphatic carbocycles. The van der Waals surface area contributed by atoms with E-state index in [-0.39, 0.29) is 35.8 Å². The molecule has 9 nitrogen and oxygen atoms in total. The van der Waals surface area contributed by atoms with Crippen LogP contribution in [0.2, 0.25) is 0 Å². The summed E-state index contributed by atoms with van der Waals surface area (Å²) in [5, 5.41) is 8.90. The summed E-state index contributed by atoms with van der Waals surface area (Å²) < 4.78 is 45.7. The van der Waals surface area contributed by atoms with Gasteiger partial charge < -0.3 is 30.2 Å². The summed E-state index contributed by atoms with van der Waals surface area (Å²) >= 11 is 0. The van der Waals surface area contributed by atoms with Gasteiger partial charge >= 0.3 is 12.1 Å². The highest BCUT2D eigenvalue weighted by Gasteiger charge is 2.58. The topological polar surface area (TPSA) is 115 Å². The zero-order chi connectivity index (χ0) is 37.7. The molecule has 4 aromatic rings. The van der Waals surface area contributed by atoms with Crippen LogP contribution < -0.4 is 16.0 Å². The van der Waals surface area contributed by atoms with Gasteiger partial charge in [-0.1, -0.05) is 84.9 Å². The third kappa shape index (κ3) is 7.49. The number of carbonyl (C=O) groups is 3. The molecule has 2 amide bonds. The molecule has 3 N–H and O–H groups in total. The van der Waals surface area contributed by atoms with Crippen molar-refractivity contribution in [1.29, 1.82) is 0 Å². The maximum Gasteiger partial charge on any atom is 0.407 e. The lowest BCUT2D eigenvalue weighted by Crippen LogP contribution is -2.49. The summed E-state index contributed by atoms with van der Waals surface area (Å²) in [6, 6.07) is 28.1. The Morgan fingerprint density at radius 3 is 2.11 bits per heavy atom. The highest BCUT2D eigenvalue weighted by Crippen LogP contribution is 2.48. The number of hydrogen-bond acceptors (Lipinski definition) is 7. The Labute approximate surface area is 312 Å². The van der Waals surface area contributed by atoms with Crippen molar-refractivity contribution in [1.82, 2.24) is 10.6 Å². The van der Waals surface area contributed by atoms with Gasteiger partial charge in [-0.15, -0.1) is 0 Å². The summed E-state index contributed by atoms with van der Waals surface area (Å²) in [5.74, 6) is -2.76. The minimum atomic E-state index is -1.46. The van der Waals surface area contributed by atoms with Gasteiger partial charge in [-0.05, 0) is 71.7 Å². The van der Waals surface area contributed by atoms with Crippen LogP contribution in [-0.4, -0.2) is 62.5 Å². The van der Waals surface area contributed by atoms with Crippen LogP contribution in [-0.2, 0) is 30.2 Å². The Balaban J connectivity index is 0.937. The molecule has 3 atom stereocenters. The molecule has 11 heteroatoms. The Morgan fingerprint density at radius 1 is 0.815 bits per heavy atom. The maximum atomic E-state index is 14.2. The molecule has 0 aromatic heterocycles. The normalized spacial score (nSPS) is 18.5. The number of amides is 2. The molecule has 2 aliphatic heterocycles. The molecule has 2 heterocycles. The predicted molar refractivity (Wildman–Crippen MR) is 200 cm³/mol. The SMILES string of the molecule is COC(=O)C1=C(C(=O)NCCCCCNC(=O)OCC2c3ccccc3-c3ccccc32)C2C=CC1(C(Cc1ccccc1)Nc1cc(F)cc(F)c1)O2. The molecule has 2 bridgehead atoms. The first-order valence-corrected chi connectivity index (χ1v) is 18.1. The van der Waals surface area contributed by atoms with Gasteiger partial charge in [0.2, 0.25) is 0 Å². The van der Waals surface area contributed by atoms with E-state index < -0.39 is 47.4 Å². The molecule has 3 unspecified atom stereocenters. The molecular formula is C43H41F2N3O6. The lowest BCUT2D eigenvalue weighted by Gasteiger charge is -2.36.